The molecule has 0 aromatic carbocycles. The highest BCUT2D eigenvalue weighted by Gasteiger charge is 2.35. The van der Waals surface area contributed by atoms with Gasteiger partial charge in [0.1, 0.15) is 6.10 Å². The van der Waals surface area contributed by atoms with Crippen molar-refractivity contribution < 1.29 is 15.3 Å². The molecule has 1 rings (SSSR count). The maximum atomic E-state index is 9.47. The SMILES string of the molecule is CCC[C@H]1NC[C@@H](O)[C@H](O)[C@H]1O. The fourth-order valence-electron chi connectivity index (χ4n) is 1.56. The van der Waals surface area contributed by atoms with Crippen LogP contribution in [0.3, 0.4) is 0 Å². The Kier molecular flexibility index (Phi) is 3.46. The quantitative estimate of drug-likeness (QED) is 0.427. The van der Waals surface area contributed by atoms with E-state index in [1.165, 1.54) is 0 Å². The van der Waals surface area contributed by atoms with Gasteiger partial charge in [-0.3, -0.25) is 0 Å². The Labute approximate surface area is 72.2 Å². The van der Waals surface area contributed by atoms with E-state index in [4.69, 9.17) is 5.11 Å². The molecule has 1 aliphatic heterocycles. The van der Waals surface area contributed by atoms with Crippen molar-refractivity contribution in [1.29, 1.82) is 0 Å². The summed E-state index contributed by atoms with van der Waals surface area (Å²) in [6, 6.07) is -0.0756. The first-order valence-corrected chi connectivity index (χ1v) is 4.44. The molecule has 0 aliphatic carbocycles. The predicted octanol–water partition coefficient (Wildman–Crippen LogP) is -1.16. The summed E-state index contributed by atoms with van der Waals surface area (Å²) in [5.74, 6) is 0. The molecule has 4 nitrogen and oxygen atoms in total. The standard InChI is InChI=1S/C8H17NO3/c1-2-3-5-7(11)8(12)6(10)4-9-5/h5-12H,2-4H2,1H3/t5-,6-,7+,8+/m1/s1. The molecule has 4 heteroatoms. The minimum atomic E-state index is -0.997. The molecule has 0 amide bonds. The molecule has 12 heavy (non-hydrogen) atoms. The van der Waals surface area contributed by atoms with Crippen molar-refractivity contribution in [3.63, 3.8) is 0 Å². The van der Waals surface area contributed by atoms with E-state index in [-0.39, 0.29) is 6.04 Å². The third-order valence-corrected chi connectivity index (χ3v) is 2.35. The summed E-state index contributed by atoms with van der Waals surface area (Å²) in [7, 11) is 0. The van der Waals surface area contributed by atoms with Gasteiger partial charge in [-0.2, -0.15) is 0 Å². The summed E-state index contributed by atoms with van der Waals surface area (Å²) in [5.41, 5.74) is 0. The number of rotatable bonds is 2. The highest BCUT2D eigenvalue weighted by molar-refractivity contribution is 4.91. The van der Waals surface area contributed by atoms with Gasteiger partial charge in [-0.1, -0.05) is 13.3 Å². The molecule has 0 radical (unpaired) electrons. The average molecular weight is 175 g/mol. The third kappa shape index (κ3) is 1.95. The number of aliphatic hydroxyl groups is 3. The number of hydrogen-bond donors (Lipinski definition) is 4. The van der Waals surface area contributed by atoms with E-state index in [2.05, 4.69) is 5.32 Å². The highest BCUT2D eigenvalue weighted by atomic mass is 16.4. The van der Waals surface area contributed by atoms with Gasteiger partial charge in [-0.25, -0.2) is 0 Å². The van der Waals surface area contributed by atoms with Crippen LogP contribution in [0, 0.1) is 0 Å². The molecule has 1 fully saturated rings. The maximum Gasteiger partial charge on any atom is 0.108 e. The number of nitrogens with one attached hydrogen (secondary N) is 1. The van der Waals surface area contributed by atoms with Gasteiger partial charge in [0, 0.05) is 12.6 Å². The molecule has 0 bridgehead atoms. The van der Waals surface area contributed by atoms with Crippen LogP contribution in [-0.2, 0) is 0 Å². The summed E-state index contributed by atoms with van der Waals surface area (Å²) < 4.78 is 0. The van der Waals surface area contributed by atoms with Gasteiger partial charge in [0.05, 0.1) is 12.2 Å². The fourth-order valence-corrected chi connectivity index (χ4v) is 1.56. The molecule has 0 aromatic rings. The van der Waals surface area contributed by atoms with E-state index in [1.807, 2.05) is 6.92 Å². The van der Waals surface area contributed by atoms with E-state index in [0.717, 1.165) is 12.8 Å². The largest absolute Gasteiger partial charge is 0.389 e. The predicted molar refractivity (Wildman–Crippen MR) is 44.7 cm³/mol. The van der Waals surface area contributed by atoms with Crippen molar-refractivity contribution in [2.75, 3.05) is 6.54 Å². The lowest BCUT2D eigenvalue weighted by Crippen LogP contribution is -2.59. The first-order chi connectivity index (χ1) is 5.66. The Balaban J connectivity index is 2.46. The summed E-state index contributed by atoms with van der Waals surface area (Å²) >= 11 is 0. The molecule has 0 unspecified atom stereocenters. The Morgan fingerprint density at radius 2 is 1.92 bits per heavy atom. The van der Waals surface area contributed by atoms with Crippen molar-refractivity contribution in [2.24, 2.45) is 0 Å². The monoisotopic (exact) mass is 175 g/mol. The number of piperidine rings is 1. The molecular formula is C8H17NO3. The van der Waals surface area contributed by atoms with E-state index >= 15 is 0 Å². The molecule has 0 aromatic heterocycles. The summed E-state index contributed by atoms with van der Waals surface area (Å²) in [5, 5.41) is 30.9. The highest BCUT2D eigenvalue weighted by Crippen LogP contribution is 2.13. The summed E-state index contributed by atoms with van der Waals surface area (Å²) in [6.45, 7) is 2.38. The minimum Gasteiger partial charge on any atom is -0.389 e. The Bertz CT molecular complexity index is 142. The molecule has 0 spiro atoms. The fraction of sp³-hybridized carbons (Fsp3) is 1.00. The lowest BCUT2D eigenvalue weighted by Gasteiger charge is -2.36. The van der Waals surface area contributed by atoms with Gasteiger partial charge in [0.2, 0.25) is 0 Å². The second-order valence-electron chi connectivity index (χ2n) is 3.35. The van der Waals surface area contributed by atoms with Crippen LogP contribution in [0.2, 0.25) is 0 Å². The summed E-state index contributed by atoms with van der Waals surface area (Å²) in [6.07, 6.45) is -0.896. The third-order valence-electron chi connectivity index (χ3n) is 2.35. The molecule has 1 heterocycles. The van der Waals surface area contributed by atoms with Gasteiger partial charge in [-0.15, -0.1) is 0 Å². The number of aliphatic hydroxyl groups excluding tert-OH is 3. The van der Waals surface area contributed by atoms with E-state index in [0.29, 0.717) is 6.54 Å². The van der Waals surface area contributed by atoms with Crippen LogP contribution in [0.5, 0.6) is 0 Å². The van der Waals surface area contributed by atoms with Gasteiger partial charge < -0.3 is 20.6 Å². The van der Waals surface area contributed by atoms with Crippen LogP contribution in [0.15, 0.2) is 0 Å². The smallest absolute Gasteiger partial charge is 0.108 e. The molecule has 0 saturated carbocycles. The van der Waals surface area contributed by atoms with Crippen LogP contribution in [0.1, 0.15) is 19.8 Å². The van der Waals surface area contributed by atoms with Gasteiger partial charge >= 0.3 is 0 Å². The van der Waals surface area contributed by atoms with Gasteiger partial charge in [-0.05, 0) is 6.42 Å². The van der Waals surface area contributed by atoms with Crippen LogP contribution in [0.25, 0.3) is 0 Å². The first kappa shape index (κ1) is 9.92. The van der Waals surface area contributed by atoms with Crippen molar-refractivity contribution in [1.82, 2.24) is 5.32 Å². The molecule has 72 valence electrons. The van der Waals surface area contributed by atoms with Crippen LogP contribution in [0.4, 0.5) is 0 Å². The molecule has 4 N–H and O–H groups in total. The van der Waals surface area contributed by atoms with Crippen LogP contribution >= 0.6 is 0 Å². The zero-order chi connectivity index (χ0) is 9.14. The average Bonchev–Trinajstić information content (AvgIpc) is 2.07. The lowest BCUT2D eigenvalue weighted by molar-refractivity contribution is -0.0950. The van der Waals surface area contributed by atoms with E-state index in [9.17, 15) is 10.2 Å². The summed E-state index contributed by atoms with van der Waals surface area (Å²) in [4.78, 5) is 0. The van der Waals surface area contributed by atoms with E-state index in [1.54, 1.807) is 0 Å². The van der Waals surface area contributed by atoms with Crippen LogP contribution < -0.4 is 5.32 Å². The van der Waals surface area contributed by atoms with Crippen molar-refractivity contribution >= 4 is 0 Å². The Hall–Kier alpha value is -0.160. The maximum absolute atomic E-state index is 9.47. The van der Waals surface area contributed by atoms with Crippen molar-refractivity contribution in [3.05, 3.63) is 0 Å². The van der Waals surface area contributed by atoms with Gasteiger partial charge in [0.15, 0.2) is 0 Å². The zero-order valence-electron chi connectivity index (χ0n) is 7.27. The minimum absolute atomic E-state index is 0.0756. The first-order valence-electron chi connectivity index (χ1n) is 4.44. The normalized spacial score (nSPS) is 43.0. The topological polar surface area (TPSA) is 72.7 Å². The second-order valence-corrected chi connectivity index (χ2v) is 3.35. The van der Waals surface area contributed by atoms with Crippen LogP contribution in [-0.4, -0.2) is 46.2 Å². The zero-order valence-corrected chi connectivity index (χ0v) is 7.27. The Morgan fingerprint density at radius 1 is 1.25 bits per heavy atom. The molecule has 1 saturated heterocycles. The second kappa shape index (κ2) is 4.18. The van der Waals surface area contributed by atoms with Gasteiger partial charge in [0.25, 0.3) is 0 Å². The Morgan fingerprint density at radius 3 is 2.50 bits per heavy atom. The molecule has 1 aliphatic rings. The number of hydrogen-bond acceptors (Lipinski definition) is 4. The van der Waals surface area contributed by atoms with Crippen molar-refractivity contribution in [2.45, 2.75) is 44.1 Å². The van der Waals surface area contributed by atoms with Crippen molar-refractivity contribution in [3.8, 4) is 0 Å². The molecular weight excluding hydrogens is 158 g/mol. The van der Waals surface area contributed by atoms with E-state index < -0.39 is 18.3 Å². The lowest BCUT2D eigenvalue weighted by atomic mass is 9.93. The molecule has 4 atom stereocenters. The number of β-amino-alcohol motifs (C(OH)–C–C–N with tert-alkyl or cyclic N) is 1.